The van der Waals surface area contributed by atoms with Gasteiger partial charge in [-0.3, -0.25) is 9.80 Å². The van der Waals surface area contributed by atoms with Crippen LogP contribution in [0.4, 0.5) is 0 Å². The molecule has 0 amide bonds. The molecule has 0 unspecified atom stereocenters. The van der Waals surface area contributed by atoms with Crippen molar-refractivity contribution >= 4 is 22.6 Å². The first-order valence-electron chi connectivity index (χ1n) is 13.3. The van der Waals surface area contributed by atoms with E-state index in [-0.39, 0.29) is 0 Å². The molecule has 0 radical (unpaired) electrons. The summed E-state index contributed by atoms with van der Waals surface area (Å²) in [5, 5.41) is 21.2. The SMILES string of the molecule is COc1cc(CN2CCNCCNCCNCC2)cc(CN2CCNCCNCCNCC2)c1I. The molecule has 1 aromatic rings. The van der Waals surface area contributed by atoms with Crippen molar-refractivity contribution < 1.29 is 4.74 Å². The summed E-state index contributed by atoms with van der Waals surface area (Å²) in [6.45, 7) is 18.3. The second kappa shape index (κ2) is 17.8. The maximum Gasteiger partial charge on any atom is 0.132 e. The molecule has 1 aromatic carbocycles. The number of ether oxygens (including phenoxy) is 1. The lowest BCUT2D eigenvalue weighted by Gasteiger charge is -2.26. The molecule has 2 aliphatic heterocycles. The zero-order valence-corrected chi connectivity index (χ0v) is 23.7. The molecule has 0 aliphatic carbocycles. The molecule has 3 rings (SSSR count). The molecular formula is C25H47IN8O. The number of hydrogen-bond donors (Lipinski definition) is 6. The normalized spacial score (nSPS) is 21.8. The third-order valence-electron chi connectivity index (χ3n) is 6.53. The van der Waals surface area contributed by atoms with E-state index >= 15 is 0 Å². The van der Waals surface area contributed by atoms with Crippen LogP contribution in [-0.4, -0.2) is 122 Å². The number of nitrogens with one attached hydrogen (secondary N) is 6. The summed E-state index contributed by atoms with van der Waals surface area (Å²) in [6.07, 6.45) is 0. The third kappa shape index (κ3) is 11.6. The Hall–Kier alpha value is -0.570. The van der Waals surface area contributed by atoms with Gasteiger partial charge in [0.05, 0.1) is 10.7 Å². The Morgan fingerprint density at radius 1 is 0.629 bits per heavy atom. The number of hydrogen-bond acceptors (Lipinski definition) is 9. The maximum atomic E-state index is 5.82. The van der Waals surface area contributed by atoms with Crippen molar-refractivity contribution in [2.75, 3.05) is 112 Å². The molecule has 9 nitrogen and oxygen atoms in total. The van der Waals surface area contributed by atoms with Crippen molar-refractivity contribution in [2.24, 2.45) is 0 Å². The lowest BCUT2D eigenvalue weighted by Crippen LogP contribution is -2.41. The van der Waals surface area contributed by atoms with Gasteiger partial charge in [0.2, 0.25) is 0 Å². The van der Waals surface area contributed by atoms with Crippen LogP contribution in [0.2, 0.25) is 0 Å². The second-order valence-corrected chi connectivity index (χ2v) is 10.4. The maximum absolute atomic E-state index is 5.82. The van der Waals surface area contributed by atoms with Gasteiger partial charge in [0.25, 0.3) is 0 Å². The molecule has 0 atom stereocenters. The number of rotatable bonds is 5. The number of benzene rings is 1. The van der Waals surface area contributed by atoms with Gasteiger partial charge >= 0.3 is 0 Å². The molecule has 35 heavy (non-hydrogen) atoms. The van der Waals surface area contributed by atoms with E-state index in [0.29, 0.717) is 0 Å². The summed E-state index contributed by atoms with van der Waals surface area (Å²) in [7, 11) is 1.79. The molecule has 10 heteroatoms. The minimum absolute atomic E-state index is 0.942. The van der Waals surface area contributed by atoms with Gasteiger partial charge in [-0.15, -0.1) is 0 Å². The summed E-state index contributed by atoms with van der Waals surface area (Å²) in [6, 6.07) is 4.64. The van der Waals surface area contributed by atoms with Gasteiger partial charge in [-0.05, 0) is 39.8 Å². The first-order valence-corrected chi connectivity index (χ1v) is 14.4. The van der Waals surface area contributed by atoms with E-state index in [2.05, 4.69) is 76.4 Å². The van der Waals surface area contributed by atoms with Crippen molar-refractivity contribution in [3.63, 3.8) is 0 Å². The monoisotopic (exact) mass is 602 g/mol. The van der Waals surface area contributed by atoms with Crippen LogP contribution >= 0.6 is 22.6 Å². The van der Waals surface area contributed by atoms with Gasteiger partial charge in [0.15, 0.2) is 0 Å². The summed E-state index contributed by atoms with van der Waals surface area (Å²) in [5.41, 5.74) is 2.70. The first-order chi connectivity index (χ1) is 17.3. The molecular weight excluding hydrogens is 555 g/mol. The van der Waals surface area contributed by atoms with Crippen molar-refractivity contribution in [3.05, 3.63) is 26.8 Å². The molecule has 0 saturated carbocycles. The molecule has 2 aliphatic rings. The Bertz CT molecular complexity index is 686. The summed E-state index contributed by atoms with van der Waals surface area (Å²) in [5.74, 6) is 0.992. The highest BCUT2D eigenvalue weighted by Crippen LogP contribution is 2.28. The summed E-state index contributed by atoms with van der Waals surface area (Å²) >= 11 is 2.47. The Morgan fingerprint density at radius 3 is 1.46 bits per heavy atom. The number of methoxy groups -OCH3 is 1. The number of halogens is 1. The fraction of sp³-hybridized carbons (Fsp3) is 0.760. The third-order valence-corrected chi connectivity index (χ3v) is 7.75. The van der Waals surface area contributed by atoms with E-state index in [1.165, 1.54) is 14.7 Å². The minimum atomic E-state index is 0.942. The Kier molecular flexibility index (Phi) is 14.8. The molecule has 0 bridgehead atoms. The minimum Gasteiger partial charge on any atom is -0.496 e. The quantitative estimate of drug-likeness (QED) is 0.249. The van der Waals surface area contributed by atoms with Crippen LogP contribution in [0.25, 0.3) is 0 Å². The van der Waals surface area contributed by atoms with Gasteiger partial charge in [0.1, 0.15) is 5.75 Å². The van der Waals surface area contributed by atoms with E-state index in [9.17, 15) is 0 Å². The smallest absolute Gasteiger partial charge is 0.132 e. The van der Waals surface area contributed by atoms with Gasteiger partial charge in [-0.2, -0.15) is 0 Å². The highest BCUT2D eigenvalue weighted by molar-refractivity contribution is 14.1. The fourth-order valence-electron chi connectivity index (χ4n) is 4.52. The lowest BCUT2D eigenvalue weighted by atomic mass is 10.1. The summed E-state index contributed by atoms with van der Waals surface area (Å²) in [4.78, 5) is 5.12. The van der Waals surface area contributed by atoms with Crippen LogP contribution in [0.3, 0.4) is 0 Å². The van der Waals surface area contributed by atoms with Crippen molar-refractivity contribution in [1.82, 2.24) is 41.7 Å². The van der Waals surface area contributed by atoms with Crippen LogP contribution in [0, 0.1) is 3.57 Å². The zero-order chi connectivity index (χ0) is 24.6. The van der Waals surface area contributed by atoms with E-state index in [1.807, 2.05) is 0 Å². The molecule has 200 valence electrons. The predicted molar refractivity (Wildman–Crippen MR) is 153 cm³/mol. The van der Waals surface area contributed by atoms with Gasteiger partial charge in [0, 0.05) is 118 Å². The average Bonchev–Trinajstić information content (AvgIpc) is 2.84. The summed E-state index contributed by atoms with van der Waals surface area (Å²) < 4.78 is 7.05. The van der Waals surface area contributed by atoms with E-state index < -0.39 is 0 Å². The highest BCUT2D eigenvalue weighted by Gasteiger charge is 2.15. The standard InChI is InChI=1S/C25H47IN8O/c1-35-24-19-22(20-33-14-10-29-6-2-27-3-7-30-11-15-33)18-23(25(24)26)21-34-16-12-31-8-4-28-5-9-32-13-17-34/h18-19,27-32H,2-17,20-21H2,1H3. The van der Waals surface area contributed by atoms with Crippen LogP contribution < -0.4 is 36.6 Å². The van der Waals surface area contributed by atoms with Gasteiger partial charge in [-0.1, -0.05) is 6.07 Å². The van der Waals surface area contributed by atoms with Crippen molar-refractivity contribution in [1.29, 1.82) is 0 Å². The van der Waals surface area contributed by atoms with Crippen LogP contribution in [0.5, 0.6) is 5.75 Å². The fourth-order valence-corrected chi connectivity index (χ4v) is 5.22. The Balaban J connectivity index is 1.66. The molecule has 2 saturated heterocycles. The van der Waals surface area contributed by atoms with Gasteiger partial charge < -0.3 is 36.6 Å². The largest absolute Gasteiger partial charge is 0.496 e. The Labute approximate surface area is 226 Å². The van der Waals surface area contributed by atoms with Crippen LogP contribution in [-0.2, 0) is 13.1 Å². The van der Waals surface area contributed by atoms with Crippen LogP contribution in [0.15, 0.2) is 12.1 Å². The highest BCUT2D eigenvalue weighted by atomic mass is 127. The molecule has 2 fully saturated rings. The topological polar surface area (TPSA) is 87.9 Å². The molecule has 2 heterocycles. The number of nitrogens with zero attached hydrogens (tertiary/aromatic N) is 2. The second-order valence-electron chi connectivity index (χ2n) is 9.32. The molecule has 6 N–H and O–H groups in total. The van der Waals surface area contributed by atoms with E-state index in [0.717, 1.165) is 124 Å². The molecule has 0 aromatic heterocycles. The average molecular weight is 603 g/mol. The lowest BCUT2D eigenvalue weighted by molar-refractivity contribution is 0.258. The van der Waals surface area contributed by atoms with E-state index in [1.54, 1.807) is 7.11 Å². The predicted octanol–water partition coefficient (Wildman–Crippen LogP) is -0.531. The van der Waals surface area contributed by atoms with E-state index in [4.69, 9.17) is 4.74 Å². The van der Waals surface area contributed by atoms with Crippen molar-refractivity contribution in [3.8, 4) is 5.75 Å². The van der Waals surface area contributed by atoms with Crippen LogP contribution in [0.1, 0.15) is 11.1 Å². The van der Waals surface area contributed by atoms with Gasteiger partial charge in [-0.25, -0.2) is 0 Å². The molecule has 0 spiro atoms. The van der Waals surface area contributed by atoms with Crippen molar-refractivity contribution in [2.45, 2.75) is 13.1 Å². The zero-order valence-electron chi connectivity index (χ0n) is 21.6. The first kappa shape index (κ1) is 29.0. The Morgan fingerprint density at radius 2 is 1.03 bits per heavy atom.